The Bertz CT molecular complexity index is 1290. The second kappa shape index (κ2) is 10.1. The van der Waals surface area contributed by atoms with E-state index in [9.17, 15) is 13.2 Å². The maximum absolute atomic E-state index is 13.3. The van der Waals surface area contributed by atoms with Crippen molar-refractivity contribution in [2.45, 2.75) is 37.5 Å². The van der Waals surface area contributed by atoms with Gasteiger partial charge in [-0.15, -0.1) is 0 Å². The number of hydrogen-bond acceptors (Lipinski definition) is 4. The number of benzene rings is 3. The predicted molar refractivity (Wildman–Crippen MR) is 135 cm³/mol. The van der Waals surface area contributed by atoms with Crippen LogP contribution < -0.4 is 14.4 Å². The zero-order chi connectivity index (χ0) is 24.3. The lowest BCUT2D eigenvalue weighted by molar-refractivity contribution is -0.118. The van der Waals surface area contributed by atoms with Crippen LogP contribution in [0.5, 0.6) is 5.75 Å². The molecule has 0 saturated heterocycles. The Balaban J connectivity index is 1.43. The van der Waals surface area contributed by atoms with E-state index in [0.29, 0.717) is 23.8 Å². The second-order valence-corrected chi connectivity index (χ2v) is 10.8. The van der Waals surface area contributed by atoms with Crippen molar-refractivity contribution in [3.8, 4) is 5.75 Å². The molecule has 0 aliphatic carbocycles. The number of carbonyl (C=O) groups is 1. The molecule has 4 rings (SSSR count). The van der Waals surface area contributed by atoms with Gasteiger partial charge in [0.2, 0.25) is 0 Å². The fraction of sp³-hybridized carbons (Fsp3) is 0.269. The number of ether oxygens (including phenoxy) is 1. The van der Waals surface area contributed by atoms with Crippen molar-refractivity contribution >= 4 is 38.9 Å². The molecule has 6 nitrogen and oxygen atoms in total. The van der Waals surface area contributed by atoms with E-state index in [2.05, 4.69) is 19.2 Å². The van der Waals surface area contributed by atoms with Crippen LogP contribution in [0.1, 0.15) is 37.3 Å². The lowest BCUT2D eigenvalue weighted by atomic mass is 10.0. The number of carbonyl (C=O) groups excluding carboxylic acids is 1. The molecule has 1 N–H and O–H groups in total. The lowest BCUT2D eigenvalue weighted by Gasteiger charge is -2.30. The van der Waals surface area contributed by atoms with Crippen molar-refractivity contribution in [1.29, 1.82) is 0 Å². The summed E-state index contributed by atoms with van der Waals surface area (Å²) in [5.74, 6) is 0.312. The number of anilines is 2. The number of amides is 1. The van der Waals surface area contributed by atoms with Crippen LogP contribution in [0.25, 0.3) is 0 Å². The zero-order valence-electron chi connectivity index (χ0n) is 19.1. The summed E-state index contributed by atoms with van der Waals surface area (Å²) in [7, 11) is -3.78. The van der Waals surface area contributed by atoms with E-state index in [1.807, 2.05) is 48.5 Å². The largest absolute Gasteiger partial charge is 0.482 e. The summed E-state index contributed by atoms with van der Waals surface area (Å²) in [6.45, 7) is 4.37. The minimum Gasteiger partial charge on any atom is -0.482 e. The highest BCUT2D eigenvalue weighted by molar-refractivity contribution is 7.92. The molecule has 0 spiro atoms. The van der Waals surface area contributed by atoms with E-state index in [0.717, 1.165) is 18.4 Å². The third-order valence-corrected chi connectivity index (χ3v) is 7.88. The predicted octanol–water partition coefficient (Wildman–Crippen LogP) is 5.62. The number of nitrogens with one attached hydrogen (secondary N) is 1. The van der Waals surface area contributed by atoms with Gasteiger partial charge in [0.05, 0.1) is 15.6 Å². The maximum atomic E-state index is 13.3. The molecule has 0 saturated carbocycles. The van der Waals surface area contributed by atoms with Crippen LogP contribution in [0.4, 0.5) is 11.4 Å². The zero-order valence-corrected chi connectivity index (χ0v) is 20.7. The monoisotopic (exact) mass is 498 g/mol. The Kier molecular flexibility index (Phi) is 7.14. The number of nitrogens with zero attached hydrogens (tertiary/aromatic N) is 1. The minimum absolute atomic E-state index is 0.0799. The third kappa shape index (κ3) is 5.21. The first-order chi connectivity index (χ1) is 16.3. The second-order valence-electron chi connectivity index (χ2n) is 8.52. The van der Waals surface area contributed by atoms with E-state index in [-0.39, 0.29) is 28.2 Å². The molecular formula is C26H27ClN2O4S. The van der Waals surface area contributed by atoms with E-state index in [1.165, 1.54) is 28.1 Å². The molecule has 0 atom stereocenters. The molecule has 3 aromatic rings. The van der Waals surface area contributed by atoms with Crippen molar-refractivity contribution in [3.63, 3.8) is 0 Å². The van der Waals surface area contributed by atoms with Gasteiger partial charge in [-0.25, -0.2) is 8.42 Å². The van der Waals surface area contributed by atoms with Gasteiger partial charge in [-0.05, 0) is 66.3 Å². The van der Waals surface area contributed by atoms with E-state index in [1.54, 1.807) is 0 Å². The molecule has 1 aliphatic rings. The number of para-hydroxylation sites is 1. The van der Waals surface area contributed by atoms with Crippen molar-refractivity contribution in [3.05, 3.63) is 82.9 Å². The number of sulfonamides is 1. The van der Waals surface area contributed by atoms with Gasteiger partial charge in [-0.2, -0.15) is 0 Å². The van der Waals surface area contributed by atoms with Crippen molar-refractivity contribution in [2.75, 3.05) is 22.8 Å². The van der Waals surface area contributed by atoms with Crippen molar-refractivity contribution in [1.82, 2.24) is 0 Å². The molecular weight excluding hydrogens is 472 g/mol. The molecule has 1 heterocycles. The molecule has 3 aromatic carbocycles. The summed E-state index contributed by atoms with van der Waals surface area (Å²) in [4.78, 5) is 12.4. The average molecular weight is 499 g/mol. The highest BCUT2D eigenvalue weighted by atomic mass is 35.5. The van der Waals surface area contributed by atoms with Crippen LogP contribution in [-0.2, 0) is 21.2 Å². The normalized spacial score (nSPS) is 13.5. The molecule has 34 heavy (non-hydrogen) atoms. The Hall–Kier alpha value is -3.03. The van der Waals surface area contributed by atoms with Crippen LogP contribution in [0.15, 0.2) is 71.6 Å². The van der Waals surface area contributed by atoms with Gasteiger partial charge in [-0.1, -0.05) is 55.8 Å². The first kappa shape index (κ1) is 24.1. The van der Waals surface area contributed by atoms with Crippen LogP contribution in [0.3, 0.4) is 0 Å². The van der Waals surface area contributed by atoms with Gasteiger partial charge < -0.3 is 10.1 Å². The molecule has 0 fully saturated rings. The number of rotatable bonds is 7. The smallest absolute Gasteiger partial charge is 0.264 e. The van der Waals surface area contributed by atoms with Gasteiger partial charge in [0, 0.05) is 12.2 Å². The number of hydrogen-bond donors (Lipinski definition) is 1. The van der Waals surface area contributed by atoms with Gasteiger partial charge in [0.1, 0.15) is 5.75 Å². The summed E-state index contributed by atoms with van der Waals surface area (Å²) in [6.07, 6.45) is 1.60. The summed E-state index contributed by atoms with van der Waals surface area (Å²) in [5.41, 5.74) is 3.56. The van der Waals surface area contributed by atoms with E-state index < -0.39 is 10.0 Å². The molecule has 0 bridgehead atoms. The quantitative estimate of drug-likeness (QED) is 0.458. The number of aryl methyl sites for hydroxylation is 1. The molecule has 8 heteroatoms. The average Bonchev–Trinajstić information content (AvgIpc) is 2.83. The Morgan fingerprint density at radius 2 is 1.82 bits per heavy atom. The van der Waals surface area contributed by atoms with Crippen LogP contribution >= 0.6 is 11.6 Å². The van der Waals surface area contributed by atoms with Gasteiger partial charge >= 0.3 is 0 Å². The summed E-state index contributed by atoms with van der Waals surface area (Å²) in [6, 6.07) is 19.4. The fourth-order valence-electron chi connectivity index (χ4n) is 3.93. The Morgan fingerprint density at radius 3 is 2.53 bits per heavy atom. The SMILES string of the molecule is CC(C)c1ccc(NC(=O)COc2ccc(S(=O)(=O)N3CCCc4ccccc43)cc2Cl)cc1. The Labute approximate surface area is 205 Å². The van der Waals surface area contributed by atoms with Gasteiger partial charge in [0.25, 0.3) is 15.9 Å². The molecule has 0 unspecified atom stereocenters. The fourth-order valence-corrected chi connectivity index (χ4v) is 5.79. The minimum atomic E-state index is -3.78. The summed E-state index contributed by atoms with van der Waals surface area (Å²) >= 11 is 6.33. The van der Waals surface area contributed by atoms with Crippen molar-refractivity contribution < 1.29 is 17.9 Å². The molecule has 1 amide bonds. The van der Waals surface area contributed by atoms with E-state index >= 15 is 0 Å². The van der Waals surface area contributed by atoms with Crippen LogP contribution in [-0.4, -0.2) is 27.5 Å². The molecule has 1 aliphatic heterocycles. The molecule has 0 radical (unpaired) electrons. The number of halogens is 1. The third-order valence-electron chi connectivity index (χ3n) is 5.78. The summed E-state index contributed by atoms with van der Waals surface area (Å²) in [5, 5.41) is 2.90. The molecule has 178 valence electrons. The summed E-state index contributed by atoms with van der Waals surface area (Å²) < 4.78 is 33.6. The standard InChI is InChI=1S/C26H27ClN2O4S/c1-18(2)19-9-11-21(12-10-19)28-26(30)17-33-25-14-13-22(16-23(25)27)34(31,32)29-15-5-7-20-6-3-4-8-24(20)29/h3-4,6,8-14,16,18H,5,7,15,17H2,1-2H3,(H,28,30). The topological polar surface area (TPSA) is 75.7 Å². The van der Waals surface area contributed by atoms with Gasteiger partial charge in [0.15, 0.2) is 6.61 Å². The molecule has 0 aromatic heterocycles. The van der Waals surface area contributed by atoms with Crippen molar-refractivity contribution in [2.24, 2.45) is 0 Å². The van der Waals surface area contributed by atoms with Crippen LogP contribution in [0, 0.1) is 0 Å². The highest BCUT2D eigenvalue weighted by Gasteiger charge is 2.29. The van der Waals surface area contributed by atoms with Crippen LogP contribution in [0.2, 0.25) is 5.02 Å². The van der Waals surface area contributed by atoms with E-state index in [4.69, 9.17) is 16.3 Å². The number of fused-ring (bicyclic) bond motifs is 1. The lowest BCUT2D eigenvalue weighted by Crippen LogP contribution is -2.35. The first-order valence-electron chi connectivity index (χ1n) is 11.2. The highest BCUT2D eigenvalue weighted by Crippen LogP contribution is 2.34. The van der Waals surface area contributed by atoms with Gasteiger partial charge in [-0.3, -0.25) is 9.10 Å². The Morgan fingerprint density at radius 1 is 1.09 bits per heavy atom. The maximum Gasteiger partial charge on any atom is 0.264 e. The first-order valence-corrected chi connectivity index (χ1v) is 13.0.